The van der Waals surface area contributed by atoms with Gasteiger partial charge in [-0.1, -0.05) is 18.2 Å². The van der Waals surface area contributed by atoms with E-state index in [0.717, 1.165) is 31.9 Å². The number of nitrogens with one attached hydrogen (secondary N) is 1. The largest absolute Gasteiger partial charge is 0.399 e. The van der Waals surface area contributed by atoms with Gasteiger partial charge in [0.2, 0.25) is 5.91 Å². The smallest absolute Gasteiger partial charge is 0.241 e. The number of benzene rings is 2. The van der Waals surface area contributed by atoms with Crippen LogP contribution in [0.2, 0.25) is 0 Å². The second kappa shape index (κ2) is 7.36. The number of hydrogen-bond donors (Lipinski definition) is 2. The maximum absolute atomic E-state index is 12.5. The molecule has 2 aromatic carbocycles. The molecule has 2 aromatic rings. The van der Waals surface area contributed by atoms with Crippen LogP contribution < -0.4 is 16.0 Å². The van der Waals surface area contributed by atoms with Gasteiger partial charge in [-0.15, -0.1) is 0 Å². The van der Waals surface area contributed by atoms with Crippen LogP contribution in [0.4, 0.5) is 17.1 Å². The van der Waals surface area contributed by atoms with Gasteiger partial charge in [0.1, 0.15) is 0 Å². The Bertz CT molecular complexity index is 664. The highest BCUT2D eigenvalue weighted by atomic mass is 16.2. The molecule has 1 saturated heterocycles. The van der Waals surface area contributed by atoms with Gasteiger partial charge in [-0.2, -0.15) is 0 Å². The fourth-order valence-electron chi connectivity index (χ4n) is 2.99. The van der Waals surface area contributed by atoms with Crippen molar-refractivity contribution in [3.63, 3.8) is 0 Å². The molecule has 1 atom stereocenters. The molecule has 1 unspecified atom stereocenters. The number of anilines is 3. The summed E-state index contributed by atoms with van der Waals surface area (Å²) in [6.45, 7) is 5.59. The van der Waals surface area contributed by atoms with Crippen LogP contribution in [0.1, 0.15) is 6.92 Å². The molecule has 1 aliphatic heterocycles. The highest BCUT2D eigenvalue weighted by Crippen LogP contribution is 2.17. The maximum Gasteiger partial charge on any atom is 0.241 e. The van der Waals surface area contributed by atoms with Gasteiger partial charge in [-0.3, -0.25) is 9.69 Å². The Morgan fingerprint density at radius 1 is 1.00 bits per heavy atom. The first-order valence-electron chi connectivity index (χ1n) is 8.34. The van der Waals surface area contributed by atoms with Crippen LogP contribution in [0.3, 0.4) is 0 Å². The van der Waals surface area contributed by atoms with Crippen molar-refractivity contribution in [3.8, 4) is 0 Å². The van der Waals surface area contributed by atoms with E-state index in [2.05, 4.69) is 39.4 Å². The molecule has 1 fully saturated rings. The summed E-state index contributed by atoms with van der Waals surface area (Å²) in [5.41, 5.74) is 8.39. The number of nitrogen functional groups attached to an aromatic ring is 1. The van der Waals surface area contributed by atoms with Crippen molar-refractivity contribution in [1.82, 2.24) is 4.90 Å². The Balaban J connectivity index is 1.53. The average Bonchev–Trinajstić information content (AvgIpc) is 2.64. The van der Waals surface area contributed by atoms with E-state index in [1.807, 2.05) is 25.1 Å². The fraction of sp³-hybridized carbons (Fsp3) is 0.316. The predicted octanol–water partition coefficient (Wildman–Crippen LogP) is 2.42. The van der Waals surface area contributed by atoms with Crippen molar-refractivity contribution in [2.75, 3.05) is 42.1 Å². The zero-order valence-corrected chi connectivity index (χ0v) is 14.0. The van der Waals surface area contributed by atoms with Gasteiger partial charge in [0.25, 0.3) is 0 Å². The molecule has 0 aromatic heterocycles. The minimum absolute atomic E-state index is 0.0212. The number of piperazine rings is 1. The molecule has 3 N–H and O–H groups in total. The first kappa shape index (κ1) is 16.3. The lowest BCUT2D eigenvalue weighted by atomic mass is 10.2. The number of carbonyl (C=O) groups is 1. The van der Waals surface area contributed by atoms with Crippen LogP contribution in [0.5, 0.6) is 0 Å². The summed E-state index contributed by atoms with van der Waals surface area (Å²) in [6.07, 6.45) is 0. The Kier molecular flexibility index (Phi) is 5.01. The van der Waals surface area contributed by atoms with E-state index in [1.165, 1.54) is 5.69 Å². The third-order valence-corrected chi connectivity index (χ3v) is 4.54. The highest BCUT2D eigenvalue weighted by molar-refractivity contribution is 5.94. The SMILES string of the molecule is CC(C(=O)Nc1ccc(N)cc1)N1CCN(c2ccccc2)CC1. The Labute approximate surface area is 143 Å². The molecule has 0 radical (unpaired) electrons. The first-order valence-corrected chi connectivity index (χ1v) is 8.34. The van der Waals surface area contributed by atoms with E-state index in [1.54, 1.807) is 12.1 Å². The standard InChI is InChI=1S/C19H24N4O/c1-15(19(24)21-17-9-7-16(20)8-10-17)22-11-13-23(14-12-22)18-5-3-2-4-6-18/h2-10,15H,11-14,20H2,1H3,(H,21,24). The molecule has 3 rings (SSSR count). The van der Waals surface area contributed by atoms with Gasteiger partial charge in [0, 0.05) is 43.2 Å². The Hall–Kier alpha value is -2.53. The minimum atomic E-state index is -0.152. The molecule has 0 spiro atoms. The summed E-state index contributed by atoms with van der Waals surface area (Å²) < 4.78 is 0. The van der Waals surface area contributed by atoms with E-state index < -0.39 is 0 Å². The number of rotatable bonds is 4. The van der Waals surface area contributed by atoms with Gasteiger partial charge in [-0.05, 0) is 43.3 Å². The summed E-state index contributed by atoms with van der Waals surface area (Å²) in [7, 11) is 0. The number of para-hydroxylation sites is 1. The molecule has 1 aliphatic rings. The van der Waals surface area contributed by atoms with Crippen LogP contribution in [0, 0.1) is 0 Å². The molecule has 24 heavy (non-hydrogen) atoms. The van der Waals surface area contributed by atoms with Gasteiger partial charge in [-0.25, -0.2) is 0 Å². The van der Waals surface area contributed by atoms with E-state index in [4.69, 9.17) is 5.73 Å². The molecule has 0 saturated carbocycles. The molecule has 1 heterocycles. The number of nitrogens with zero attached hydrogens (tertiary/aromatic N) is 2. The number of hydrogen-bond acceptors (Lipinski definition) is 4. The predicted molar refractivity (Wildman–Crippen MR) is 99.2 cm³/mol. The molecule has 126 valence electrons. The van der Waals surface area contributed by atoms with Crippen LogP contribution in [-0.4, -0.2) is 43.0 Å². The maximum atomic E-state index is 12.5. The van der Waals surface area contributed by atoms with Crippen molar-refractivity contribution < 1.29 is 4.79 Å². The molecule has 1 amide bonds. The molecule has 0 bridgehead atoms. The third kappa shape index (κ3) is 3.86. The van der Waals surface area contributed by atoms with Gasteiger partial charge < -0.3 is 16.0 Å². The minimum Gasteiger partial charge on any atom is -0.399 e. The topological polar surface area (TPSA) is 61.6 Å². The Morgan fingerprint density at radius 2 is 1.62 bits per heavy atom. The second-order valence-corrected chi connectivity index (χ2v) is 6.15. The van der Waals surface area contributed by atoms with E-state index in [0.29, 0.717) is 5.69 Å². The number of nitrogens with two attached hydrogens (primary N) is 1. The normalized spacial score (nSPS) is 16.6. The molecule has 0 aliphatic carbocycles. The lowest BCUT2D eigenvalue weighted by Gasteiger charge is -2.38. The van der Waals surface area contributed by atoms with Crippen molar-refractivity contribution in [3.05, 3.63) is 54.6 Å². The summed E-state index contributed by atoms with van der Waals surface area (Å²) >= 11 is 0. The summed E-state index contributed by atoms with van der Waals surface area (Å²) in [6, 6.07) is 17.5. The number of amides is 1. The van der Waals surface area contributed by atoms with Gasteiger partial charge >= 0.3 is 0 Å². The monoisotopic (exact) mass is 324 g/mol. The molecular weight excluding hydrogens is 300 g/mol. The lowest BCUT2D eigenvalue weighted by molar-refractivity contribution is -0.120. The second-order valence-electron chi connectivity index (χ2n) is 6.15. The van der Waals surface area contributed by atoms with Crippen molar-refractivity contribution in [2.45, 2.75) is 13.0 Å². The average molecular weight is 324 g/mol. The Morgan fingerprint density at radius 3 is 2.25 bits per heavy atom. The van der Waals surface area contributed by atoms with Crippen LogP contribution in [0.15, 0.2) is 54.6 Å². The van der Waals surface area contributed by atoms with E-state index in [-0.39, 0.29) is 11.9 Å². The van der Waals surface area contributed by atoms with E-state index >= 15 is 0 Å². The third-order valence-electron chi connectivity index (χ3n) is 4.54. The van der Waals surface area contributed by atoms with E-state index in [9.17, 15) is 4.79 Å². The molecular formula is C19H24N4O. The van der Waals surface area contributed by atoms with Crippen LogP contribution >= 0.6 is 0 Å². The summed E-state index contributed by atoms with van der Waals surface area (Å²) in [5, 5.41) is 2.96. The van der Waals surface area contributed by atoms with Gasteiger partial charge in [0.15, 0.2) is 0 Å². The lowest BCUT2D eigenvalue weighted by Crippen LogP contribution is -2.52. The van der Waals surface area contributed by atoms with Crippen molar-refractivity contribution >= 4 is 23.0 Å². The zero-order chi connectivity index (χ0) is 16.9. The number of carbonyl (C=O) groups excluding carboxylic acids is 1. The summed E-state index contributed by atoms with van der Waals surface area (Å²) in [5.74, 6) is 0.0212. The van der Waals surface area contributed by atoms with Gasteiger partial charge in [0.05, 0.1) is 6.04 Å². The summed E-state index contributed by atoms with van der Waals surface area (Å²) in [4.78, 5) is 17.0. The fourth-order valence-corrected chi connectivity index (χ4v) is 2.99. The van der Waals surface area contributed by atoms with Crippen molar-refractivity contribution in [2.24, 2.45) is 0 Å². The quantitative estimate of drug-likeness (QED) is 0.848. The zero-order valence-electron chi connectivity index (χ0n) is 14.0. The van der Waals surface area contributed by atoms with Crippen LogP contribution in [-0.2, 0) is 4.79 Å². The molecule has 5 nitrogen and oxygen atoms in total. The highest BCUT2D eigenvalue weighted by Gasteiger charge is 2.25. The molecule has 5 heteroatoms. The first-order chi connectivity index (χ1) is 11.6. The van der Waals surface area contributed by atoms with Crippen LogP contribution in [0.25, 0.3) is 0 Å². The van der Waals surface area contributed by atoms with Crippen molar-refractivity contribution in [1.29, 1.82) is 0 Å².